The number of carbonyl (C=O) groups is 1. The van der Waals surface area contributed by atoms with E-state index in [4.69, 9.17) is 14.2 Å². The first-order chi connectivity index (χ1) is 16.5. The summed E-state index contributed by atoms with van der Waals surface area (Å²) < 4.78 is 31.2. The summed E-state index contributed by atoms with van der Waals surface area (Å²) >= 11 is 1.30. The molecule has 0 bridgehead atoms. The number of aromatic nitrogens is 2. The Balaban J connectivity index is 1.42. The van der Waals surface area contributed by atoms with Gasteiger partial charge in [-0.05, 0) is 42.5 Å². The van der Waals surface area contributed by atoms with Crippen molar-refractivity contribution in [3.8, 4) is 23.0 Å². The Hall–Kier alpha value is -4.24. The van der Waals surface area contributed by atoms with E-state index in [1.54, 1.807) is 44.7 Å². The van der Waals surface area contributed by atoms with Crippen molar-refractivity contribution in [1.82, 2.24) is 9.97 Å². The van der Waals surface area contributed by atoms with Crippen LogP contribution in [0.1, 0.15) is 10.4 Å². The van der Waals surface area contributed by atoms with E-state index in [0.717, 1.165) is 10.1 Å². The van der Waals surface area contributed by atoms with Crippen molar-refractivity contribution in [3.63, 3.8) is 0 Å². The maximum atomic E-state index is 13.4. The van der Waals surface area contributed by atoms with E-state index in [9.17, 15) is 9.18 Å². The van der Waals surface area contributed by atoms with Gasteiger partial charge in [0, 0.05) is 29.3 Å². The van der Waals surface area contributed by atoms with Gasteiger partial charge in [-0.15, -0.1) is 0 Å². The zero-order valence-electron chi connectivity index (χ0n) is 18.2. The molecular weight excluding hydrogens is 457 g/mol. The van der Waals surface area contributed by atoms with Crippen LogP contribution in [0.3, 0.4) is 0 Å². The van der Waals surface area contributed by atoms with E-state index in [1.165, 1.54) is 29.5 Å². The van der Waals surface area contributed by atoms with Gasteiger partial charge in [0.1, 0.15) is 17.3 Å². The number of nitrogens with zero attached hydrogens (tertiary/aromatic N) is 2. The molecule has 1 amide bonds. The molecular formula is C25H18FN3O4S. The summed E-state index contributed by atoms with van der Waals surface area (Å²) in [6, 6.07) is 16.3. The van der Waals surface area contributed by atoms with Crippen molar-refractivity contribution in [2.75, 3.05) is 19.5 Å². The third-order valence-electron chi connectivity index (χ3n) is 5.10. The Labute approximate surface area is 197 Å². The lowest BCUT2D eigenvalue weighted by atomic mass is 10.2. The Morgan fingerprint density at radius 1 is 0.941 bits per heavy atom. The minimum absolute atomic E-state index is 0.222. The highest BCUT2D eigenvalue weighted by atomic mass is 32.1. The van der Waals surface area contributed by atoms with Crippen LogP contribution in [0.2, 0.25) is 0 Å². The lowest BCUT2D eigenvalue weighted by molar-refractivity contribution is 0.102. The number of hydrogen-bond donors (Lipinski definition) is 1. The molecule has 170 valence electrons. The first-order valence-corrected chi connectivity index (χ1v) is 11.0. The van der Waals surface area contributed by atoms with Gasteiger partial charge in [-0.25, -0.2) is 9.37 Å². The number of methoxy groups -OCH3 is 2. The van der Waals surface area contributed by atoms with Crippen LogP contribution in [0, 0.1) is 5.82 Å². The number of thiazole rings is 1. The second-order valence-electron chi connectivity index (χ2n) is 7.25. The SMILES string of the molecule is COc1cc2nccc(Oc3ccc4nc(NC(=O)c5cccc(F)c5)sc4c3)c2cc1OC. The van der Waals surface area contributed by atoms with Crippen LogP contribution < -0.4 is 19.5 Å². The minimum Gasteiger partial charge on any atom is -0.493 e. The molecule has 0 spiro atoms. The van der Waals surface area contributed by atoms with E-state index in [-0.39, 0.29) is 5.56 Å². The van der Waals surface area contributed by atoms with E-state index in [1.807, 2.05) is 18.2 Å². The van der Waals surface area contributed by atoms with E-state index < -0.39 is 11.7 Å². The van der Waals surface area contributed by atoms with Crippen molar-refractivity contribution in [2.24, 2.45) is 0 Å². The summed E-state index contributed by atoms with van der Waals surface area (Å²) in [4.78, 5) is 21.2. The number of fused-ring (bicyclic) bond motifs is 2. The largest absolute Gasteiger partial charge is 0.493 e. The summed E-state index contributed by atoms with van der Waals surface area (Å²) in [5.74, 6) is 1.46. The summed E-state index contributed by atoms with van der Waals surface area (Å²) in [6.45, 7) is 0. The molecule has 3 aromatic carbocycles. The number of pyridine rings is 1. The lowest BCUT2D eigenvalue weighted by Crippen LogP contribution is -2.11. The van der Waals surface area contributed by atoms with Crippen molar-refractivity contribution >= 4 is 43.5 Å². The molecule has 0 aliphatic carbocycles. The third kappa shape index (κ3) is 4.20. The molecule has 0 saturated carbocycles. The van der Waals surface area contributed by atoms with Crippen molar-refractivity contribution in [2.45, 2.75) is 0 Å². The summed E-state index contributed by atoms with van der Waals surface area (Å²) in [5.41, 5.74) is 1.63. The number of rotatable bonds is 6. The molecule has 2 heterocycles. The van der Waals surface area contributed by atoms with Crippen molar-refractivity contribution in [1.29, 1.82) is 0 Å². The van der Waals surface area contributed by atoms with Crippen LogP contribution in [-0.2, 0) is 0 Å². The molecule has 0 saturated heterocycles. The first kappa shape index (κ1) is 21.6. The van der Waals surface area contributed by atoms with Crippen LogP contribution in [0.5, 0.6) is 23.0 Å². The topological polar surface area (TPSA) is 82.6 Å². The predicted molar refractivity (Wildman–Crippen MR) is 129 cm³/mol. The molecule has 5 aromatic rings. The molecule has 1 N–H and O–H groups in total. The maximum Gasteiger partial charge on any atom is 0.257 e. The Kier molecular flexibility index (Phi) is 5.69. The fourth-order valence-corrected chi connectivity index (χ4v) is 4.37. The van der Waals surface area contributed by atoms with E-state index in [0.29, 0.717) is 39.2 Å². The average molecular weight is 476 g/mol. The van der Waals surface area contributed by atoms with Crippen molar-refractivity contribution < 1.29 is 23.4 Å². The summed E-state index contributed by atoms with van der Waals surface area (Å²) in [6.07, 6.45) is 1.66. The zero-order chi connectivity index (χ0) is 23.7. The molecule has 0 atom stereocenters. The summed E-state index contributed by atoms with van der Waals surface area (Å²) in [5, 5.41) is 3.90. The molecule has 0 unspecified atom stereocenters. The van der Waals surface area contributed by atoms with Crippen LogP contribution >= 0.6 is 11.3 Å². The Bertz CT molecular complexity index is 1540. The molecule has 5 rings (SSSR count). The zero-order valence-corrected chi connectivity index (χ0v) is 19.0. The van der Waals surface area contributed by atoms with Gasteiger partial charge in [0.25, 0.3) is 5.91 Å². The quantitative estimate of drug-likeness (QED) is 0.322. The van der Waals surface area contributed by atoms with Gasteiger partial charge in [-0.3, -0.25) is 15.1 Å². The van der Waals surface area contributed by atoms with Gasteiger partial charge < -0.3 is 14.2 Å². The van der Waals surface area contributed by atoms with Crippen molar-refractivity contribution in [3.05, 3.63) is 78.2 Å². The molecule has 7 nitrogen and oxygen atoms in total. The normalized spacial score (nSPS) is 10.9. The number of carbonyl (C=O) groups excluding carboxylic acids is 1. The minimum atomic E-state index is -0.474. The number of nitrogens with one attached hydrogen (secondary N) is 1. The highest BCUT2D eigenvalue weighted by Gasteiger charge is 2.14. The van der Waals surface area contributed by atoms with Gasteiger partial charge in [-0.1, -0.05) is 17.4 Å². The Morgan fingerprint density at radius 3 is 2.56 bits per heavy atom. The monoisotopic (exact) mass is 475 g/mol. The molecule has 0 fully saturated rings. The predicted octanol–water partition coefficient (Wildman–Crippen LogP) is 6.05. The molecule has 2 aromatic heterocycles. The standard InChI is InChI=1S/C25H18FN3O4S/c1-31-21-12-17-19(13-22(21)32-2)27-9-8-20(17)33-16-6-7-18-23(11-16)34-25(28-18)29-24(30)14-4-3-5-15(26)10-14/h3-13H,1-2H3,(H,28,29,30). The van der Waals surface area contributed by atoms with Gasteiger partial charge in [0.05, 0.1) is 30.0 Å². The fourth-order valence-electron chi connectivity index (χ4n) is 3.48. The smallest absolute Gasteiger partial charge is 0.257 e. The number of halogens is 1. The van der Waals surface area contributed by atoms with Gasteiger partial charge in [-0.2, -0.15) is 0 Å². The van der Waals surface area contributed by atoms with E-state index in [2.05, 4.69) is 15.3 Å². The number of hydrogen-bond acceptors (Lipinski definition) is 7. The third-order valence-corrected chi connectivity index (χ3v) is 6.04. The molecule has 0 radical (unpaired) electrons. The van der Waals surface area contributed by atoms with Crippen LogP contribution in [0.25, 0.3) is 21.1 Å². The van der Waals surface area contributed by atoms with Gasteiger partial charge >= 0.3 is 0 Å². The maximum absolute atomic E-state index is 13.4. The average Bonchev–Trinajstić information content (AvgIpc) is 3.24. The number of anilines is 1. The van der Waals surface area contributed by atoms with Crippen LogP contribution in [0.4, 0.5) is 9.52 Å². The van der Waals surface area contributed by atoms with Gasteiger partial charge in [0.2, 0.25) is 0 Å². The second-order valence-corrected chi connectivity index (χ2v) is 8.28. The molecule has 34 heavy (non-hydrogen) atoms. The second kappa shape index (κ2) is 8.95. The highest BCUT2D eigenvalue weighted by molar-refractivity contribution is 7.22. The number of benzene rings is 3. The van der Waals surface area contributed by atoms with Gasteiger partial charge in [0.15, 0.2) is 16.6 Å². The van der Waals surface area contributed by atoms with Crippen LogP contribution in [0.15, 0.2) is 66.9 Å². The fraction of sp³-hybridized carbons (Fsp3) is 0.0800. The number of amides is 1. The first-order valence-electron chi connectivity index (χ1n) is 10.2. The lowest BCUT2D eigenvalue weighted by Gasteiger charge is -2.12. The number of ether oxygens (including phenoxy) is 3. The van der Waals surface area contributed by atoms with Crippen LogP contribution in [-0.4, -0.2) is 30.1 Å². The highest BCUT2D eigenvalue weighted by Crippen LogP contribution is 2.38. The molecule has 0 aliphatic heterocycles. The molecule has 9 heteroatoms. The van der Waals surface area contributed by atoms with E-state index >= 15 is 0 Å². The Morgan fingerprint density at radius 2 is 1.76 bits per heavy atom. The molecule has 0 aliphatic rings. The summed E-state index contributed by atoms with van der Waals surface area (Å²) in [7, 11) is 3.14.